The zero-order valence-electron chi connectivity index (χ0n) is 13.7. The summed E-state index contributed by atoms with van der Waals surface area (Å²) in [5, 5.41) is 3.33. The third-order valence-corrected chi connectivity index (χ3v) is 3.89. The van der Waals surface area contributed by atoms with E-state index in [1.165, 1.54) is 12.8 Å². The van der Waals surface area contributed by atoms with Gasteiger partial charge in [0, 0.05) is 26.8 Å². The Bertz CT molecular complexity index is 266. The molecule has 1 N–H and O–H groups in total. The third-order valence-electron chi connectivity index (χ3n) is 3.89. The first-order valence-corrected chi connectivity index (χ1v) is 8.34. The monoisotopic (exact) mass is 300 g/mol. The first-order chi connectivity index (χ1) is 10.3. The quantitative estimate of drug-likeness (QED) is 0.625. The second-order valence-corrected chi connectivity index (χ2v) is 5.73. The maximum atomic E-state index is 12.3. The number of amides is 1. The third kappa shape index (κ3) is 8.39. The lowest BCUT2D eigenvalue weighted by molar-refractivity contribution is -0.133. The van der Waals surface area contributed by atoms with Crippen molar-refractivity contribution in [2.45, 2.75) is 51.5 Å². The van der Waals surface area contributed by atoms with Crippen molar-refractivity contribution in [2.24, 2.45) is 0 Å². The molecule has 1 amide bonds. The van der Waals surface area contributed by atoms with Crippen LogP contribution in [0, 0.1) is 0 Å². The first kappa shape index (κ1) is 18.4. The van der Waals surface area contributed by atoms with E-state index < -0.39 is 0 Å². The lowest BCUT2D eigenvalue weighted by Gasteiger charge is -2.24. The van der Waals surface area contributed by atoms with Crippen LogP contribution in [0.5, 0.6) is 0 Å². The molecule has 1 aliphatic heterocycles. The van der Waals surface area contributed by atoms with Gasteiger partial charge in [-0.05, 0) is 39.2 Å². The van der Waals surface area contributed by atoms with E-state index in [1.807, 2.05) is 11.8 Å². The van der Waals surface area contributed by atoms with Crippen LogP contribution in [0.25, 0.3) is 0 Å². The van der Waals surface area contributed by atoms with Gasteiger partial charge in [0.15, 0.2) is 0 Å². The average molecular weight is 300 g/mol. The largest absolute Gasteiger partial charge is 0.382 e. The molecule has 0 saturated carbocycles. The molecule has 1 atom stereocenters. The molecule has 1 saturated heterocycles. The second-order valence-electron chi connectivity index (χ2n) is 5.73. The number of methoxy groups -OCH3 is 1. The number of unbranched alkanes of at least 4 members (excludes halogenated alkanes) is 1. The van der Waals surface area contributed by atoms with E-state index in [4.69, 9.17) is 9.47 Å². The van der Waals surface area contributed by atoms with E-state index >= 15 is 0 Å². The SMILES string of the molecule is COCCOCCCCNC(C)C(=O)N1CCCCCC1. The highest BCUT2D eigenvalue weighted by Gasteiger charge is 2.20. The molecule has 0 radical (unpaired) electrons. The molecular weight excluding hydrogens is 268 g/mol. The lowest BCUT2D eigenvalue weighted by Crippen LogP contribution is -2.45. The molecular formula is C16H32N2O3. The normalized spacial score (nSPS) is 17.5. The molecule has 1 heterocycles. The topological polar surface area (TPSA) is 50.8 Å². The zero-order chi connectivity index (χ0) is 15.3. The number of rotatable bonds is 10. The molecule has 1 rings (SSSR count). The molecule has 0 aromatic rings. The van der Waals surface area contributed by atoms with E-state index in [9.17, 15) is 4.79 Å². The molecule has 0 aromatic heterocycles. The Balaban J connectivity index is 2.04. The van der Waals surface area contributed by atoms with Crippen LogP contribution in [-0.2, 0) is 14.3 Å². The van der Waals surface area contributed by atoms with Crippen molar-refractivity contribution in [3.05, 3.63) is 0 Å². The molecule has 0 aromatic carbocycles. The molecule has 124 valence electrons. The van der Waals surface area contributed by atoms with E-state index in [1.54, 1.807) is 7.11 Å². The predicted octanol–water partition coefficient (Wildman–Crippen LogP) is 1.81. The van der Waals surface area contributed by atoms with Crippen LogP contribution in [0.3, 0.4) is 0 Å². The van der Waals surface area contributed by atoms with Gasteiger partial charge < -0.3 is 19.7 Å². The average Bonchev–Trinajstić information content (AvgIpc) is 2.78. The Labute approximate surface area is 129 Å². The maximum absolute atomic E-state index is 12.3. The summed E-state index contributed by atoms with van der Waals surface area (Å²) in [6.45, 7) is 6.78. The molecule has 0 aliphatic carbocycles. The van der Waals surface area contributed by atoms with Gasteiger partial charge >= 0.3 is 0 Å². The minimum atomic E-state index is -0.0718. The number of carbonyl (C=O) groups is 1. The fraction of sp³-hybridized carbons (Fsp3) is 0.938. The van der Waals surface area contributed by atoms with Crippen LogP contribution in [-0.4, -0.2) is 63.4 Å². The Kier molecular flexibility index (Phi) is 10.5. The molecule has 0 bridgehead atoms. The van der Waals surface area contributed by atoms with E-state index in [2.05, 4.69) is 5.32 Å². The number of ether oxygens (including phenoxy) is 2. The molecule has 5 heteroatoms. The highest BCUT2D eigenvalue weighted by atomic mass is 16.5. The number of nitrogens with one attached hydrogen (secondary N) is 1. The summed E-state index contributed by atoms with van der Waals surface area (Å²) in [6.07, 6.45) is 6.86. The summed E-state index contributed by atoms with van der Waals surface area (Å²) in [5.41, 5.74) is 0. The van der Waals surface area contributed by atoms with Crippen molar-refractivity contribution in [3.8, 4) is 0 Å². The highest BCUT2D eigenvalue weighted by Crippen LogP contribution is 2.10. The Morgan fingerprint density at radius 3 is 2.48 bits per heavy atom. The minimum absolute atomic E-state index is 0.0718. The van der Waals surface area contributed by atoms with Gasteiger partial charge in [-0.1, -0.05) is 12.8 Å². The van der Waals surface area contributed by atoms with Gasteiger partial charge in [0.25, 0.3) is 0 Å². The molecule has 5 nitrogen and oxygen atoms in total. The number of hydrogen-bond acceptors (Lipinski definition) is 4. The summed E-state index contributed by atoms with van der Waals surface area (Å²) in [4.78, 5) is 14.3. The van der Waals surface area contributed by atoms with E-state index in [0.29, 0.717) is 13.2 Å². The first-order valence-electron chi connectivity index (χ1n) is 8.34. The van der Waals surface area contributed by atoms with Crippen molar-refractivity contribution in [1.29, 1.82) is 0 Å². The summed E-state index contributed by atoms with van der Waals surface area (Å²) in [7, 11) is 1.68. The van der Waals surface area contributed by atoms with Crippen molar-refractivity contribution in [2.75, 3.05) is 46.6 Å². The van der Waals surface area contributed by atoms with Crippen LogP contribution in [0.4, 0.5) is 0 Å². The predicted molar refractivity (Wildman–Crippen MR) is 84.4 cm³/mol. The van der Waals surface area contributed by atoms with Gasteiger partial charge in [-0.3, -0.25) is 4.79 Å². The lowest BCUT2D eigenvalue weighted by atomic mass is 10.2. The molecule has 1 aliphatic rings. The van der Waals surface area contributed by atoms with Crippen LogP contribution in [0.1, 0.15) is 45.4 Å². The highest BCUT2D eigenvalue weighted by molar-refractivity contribution is 5.81. The molecule has 21 heavy (non-hydrogen) atoms. The number of carbonyl (C=O) groups excluding carboxylic acids is 1. The number of likely N-dealkylation sites (tertiary alicyclic amines) is 1. The zero-order valence-corrected chi connectivity index (χ0v) is 13.7. The summed E-state index contributed by atoms with van der Waals surface area (Å²) < 4.78 is 10.3. The molecule has 1 unspecified atom stereocenters. The van der Waals surface area contributed by atoms with Gasteiger partial charge in [-0.2, -0.15) is 0 Å². The van der Waals surface area contributed by atoms with Crippen molar-refractivity contribution in [1.82, 2.24) is 10.2 Å². The van der Waals surface area contributed by atoms with Crippen molar-refractivity contribution >= 4 is 5.91 Å². The van der Waals surface area contributed by atoms with Gasteiger partial charge in [0.05, 0.1) is 19.3 Å². The Morgan fingerprint density at radius 1 is 1.10 bits per heavy atom. The maximum Gasteiger partial charge on any atom is 0.239 e. The Hall–Kier alpha value is -0.650. The summed E-state index contributed by atoms with van der Waals surface area (Å²) in [5.74, 6) is 0.258. The number of hydrogen-bond donors (Lipinski definition) is 1. The smallest absolute Gasteiger partial charge is 0.239 e. The Morgan fingerprint density at radius 2 is 1.81 bits per heavy atom. The van der Waals surface area contributed by atoms with Crippen LogP contribution in [0.15, 0.2) is 0 Å². The molecule has 0 spiro atoms. The van der Waals surface area contributed by atoms with E-state index in [-0.39, 0.29) is 11.9 Å². The van der Waals surface area contributed by atoms with E-state index in [0.717, 1.165) is 51.9 Å². The van der Waals surface area contributed by atoms with Gasteiger partial charge in [0.1, 0.15) is 0 Å². The van der Waals surface area contributed by atoms with Crippen LogP contribution in [0.2, 0.25) is 0 Å². The summed E-state index contributed by atoms with van der Waals surface area (Å²) >= 11 is 0. The van der Waals surface area contributed by atoms with Crippen molar-refractivity contribution in [3.63, 3.8) is 0 Å². The fourth-order valence-electron chi connectivity index (χ4n) is 2.54. The van der Waals surface area contributed by atoms with Gasteiger partial charge in [-0.25, -0.2) is 0 Å². The minimum Gasteiger partial charge on any atom is -0.382 e. The van der Waals surface area contributed by atoms with Crippen LogP contribution >= 0.6 is 0 Å². The standard InChI is InChI=1S/C16H32N2O3/c1-15(16(19)18-10-6-3-4-7-11-18)17-9-5-8-12-21-14-13-20-2/h15,17H,3-14H2,1-2H3. The van der Waals surface area contributed by atoms with Gasteiger partial charge in [-0.15, -0.1) is 0 Å². The summed E-state index contributed by atoms with van der Waals surface area (Å²) in [6, 6.07) is -0.0718. The second kappa shape index (κ2) is 12.0. The molecule has 1 fully saturated rings. The van der Waals surface area contributed by atoms with Crippen molar-refractivity contribution < 1.29 is 14.3 Å². The van der Waals surface area contributed by atoms with Gasteiger partial charge in [0.2, 0.25) is 5.91 Å². The fourth-order valence-corrected chi connectivity index (χ4v) is 2.54. The number of nitrogens with zero attached hydrogens (tertiary/aromatic N) is 1. The van der Waals surface area contributed by atoms with Crippen LogP contribution < -0.4 is 5.32 Å².